The average Bonchev–Trinajstić information content (AvgIpc) is 2.48. The molecule has 1 amide bonds. The molecule has 1 aromatic carbocycles. The van der Waals surface area contributed by atoms with Gasteiger partial charge in [-0.15, -0.1) is 0 Å². The summed E-state index contributed by atoms with van der Waals surface area (Å²) in [6.07, 6.45) is 4.42. The van der Waals surface area contributed by atoms with Crippen LogP contribution in [0.5, 0.6) is 5.75 Å². The molecule has 20 heavy (non-hydrogen) atoms. The minimum absolute atomic E-state index is 0.266. The van der Waals surface area contributed by atoms with Gasteiger partial charge in [-0.2, -0.15) is 0 Å². The quantitative estimate of drug-likeness (QED) is 0.928. The number of benzene rings is 1. The molecule has 0 fully saturated rings. The predicted molar refractivity (Wildman–Crippen MR) is 77.1 cm³/mol. The van der Waals surface area contributed by atoms with E-state index in [0.717, 1.165) is 5.56 Å². The number of rotatable bonds is 4. The Morgan fingerprint density at radius 1 is 1.30 bits per heavy atom. The topological polar surface area (TPSA) is 64.1 Å². The van der Waals surface area contributed by atoms with Gasteiger partial charge in [0.15, 0.2) is 0 Å². The van der Waals surface area contributed by atoms with Gasteiger partial charge in [-0.3, -0.25) is 9.78 Å². The van der Waals surface area contributed by atoms with E-state index in [1.54, 1.807) is 7.11 Å². The van der Waals surface area contributed by atoms with E-state index in [1.165, 1.54) is 18.6 Å². The number of carbonyl (C=O) groups excluding carboxylic acids is 1. The number of methoxy groups -OCH3 is 1. The third-order valence-corrected chi connectivity index (χ3v) is 2.94. The molecule has 2 aromatic rings. The van der Waals surface area contributed by atoms with Crippen molar-refractivity contribution in [3.05, 3.63) is 48.0 Å². The smallest absolute Gasteiger partial charge is 0.275 e. The molecule has 0 aliphatic rings. The van der Waals surface area contributed by atoms with Crippen molar-refractivity contribution in [1.29, 1.82) is 0 Å². The Labute approximate surface area is 118 Å². The van der Waals surface area contributed by atoms with Crippen LogP contribution in [0, 0.1) is 0 Å². The van der Waals surface area contributed by atoms with Crippen LogP contribution in [-0.4, -0.2) is 23.0 Å². The van der Waals surface area contributed by atoms with Crippen molar-refractivity contribution in [2.45, 2.75) is 19.8 Å². The number of carbonyl (C=O) groups is 1. The van der Waals surface area contributed by atoms with Crippen LogP contribution in [0.3, 0.4) is 0 Å². The Balaban J connectivity index is 2.23. The summed E-state index contributed by atoms with van der Waals surface area (Å²) in [5, 5.41) is 2.78. The van der Waals surface area contributed by atoms with Gasteiger partial charge in [-0.05, 0) is 23.6 Å². The van der Waals surface area contributed by atoms with Crippen LogP contribution < -0.4 is 10.1 Å². The van der Waals surface area contributed by atoms with Crippen LogP contribution >= 0.6 is 0 Å². The van der Waals surface area contributed by atoms with Crippen LogP contribution in [0.25, 0.3) is 0 Å². The monoisotopic (exact) mass is 271 g/mol. The van der Waals surface area contributed by atoms with Gasteiger partial charge < -0.3 is 10.1 Å². The van der Waals surface area contributed by atoms with Gasteiger partial charge in [0.2, 0.25) is 0 Å². The van der Waals surface area contributed by atoms with Gasteiger partial charge >= 0.3 is 0 Å². The number of amides is 1. The fourth-order valence-electron chi connectivity index (χ4n) is 1.77. The number of hydrogen-bond donors (Lipinski definition) is 1. The second-order valence-electron chi connectivity index (χ2n) is 4.66. The average molecular weight is 271 g/mol. The van der Waals surface area contributed by atoms with Gasteiger partial charge in [0.1, 0.15) is 11.4 Å². The standard InChI is InChI=1S/C15H17N3O2/c1-10(2)11-4-5-12(14(8-11)20-3)18-15(19)13-9-16-6-7-17-13/h4-10H,1-3H3,(H,18,19). The molecular weight excluding hydrogens is 254 g/mol. The van der Waals surface area contributed by atoms with Crippen LogP contribution in [0.4, 0.5) is 5.69 Å². The minimum atomic E-state index is -0.311. The van der Waals surface area contributed by atoms with E-state index in [9.17, 15) is 4.79 Å². The molecule has 5 heteroatoms. The first-order valence-electron chi connectivity index (χ1n) is 6.37. The highest BCUT2D eigenvalue weighted by molar-refractivity contribution is 6.03. The number of hydrogen-bond acceptors (Lipinski definition) is 4. The first-order chi connectivity index (χ1) is 9.61. The maximum atomic E-state index is 12.0. The number of aromatic nitrogens is 2. The zero-order valence-corrected chi connectivity index (χ0v) is 11.8. The SMILES string of the molecule is COc1cc(C(C)C)ccc1NC(=O)c1cnccn1. The zero-order chi connectivity index (χ0) is 14.5. The Morgan fingerprint density at radius 3 is 2.70 bits per heavy atom. The number of anilines is 1. The molecule has 0 bridgehead atoms. The van der Waals surface area contributed by atoms with Crippen molar-refractivity contribution in [3.8, 4) is 5.75 Å². The fourth-order valence-corrected chi connectivity index (χ4v) is 1.77. The molecule has 1 aromatic heterocycles. The van der Waals surface area contributed by atoms with Crippen LogP contribution in [0.1, 0.15) is 35.8 Å². The van der Waals surface area contributed by atoms with Crippen molar-refractivity contribution in [1.82, 2.24) is 9.97 Å². The van der Waals surface area contributed by atoms with Crippen molar-refractivity contribution in [2.24, 2.45) is 0 Å². The number of nitrogens with one attached hydrogen (secondary N) is 1. The van der Waals surface area contributed by atoms with E-state index in [-0.39, 0.29) is 11.6 Å². The Bertz CT molecular complexity index is 597. The maximum absolute atomic E-state index is 12.0. The summed E-state index contributed by atoms with van der Waals surface area (Å²) in [4.78, 5) is 19.9. The summed E-state index contributed by atoms with van der Waals surface area (Å²) >= 11 is 0. The van der Waals surface area contributed by atoms with Crippen LogP contribution in [0.2, 0.25) is 0 Å². The third kappa shape index (κ3) is 3.12. The van der Waals surface area contributed by atoms with Crippen molar-refractivity contribution in [2.75, 3.05) is 12.4 Å². The lowest BCUT2D eigenvalue weighted by Gasteiger charge is -2.13. The summed E-state index contributed by atoms with van der Waals surface area (Å²) in [6.45, 7) is 4.21. The molecule has 104 valence electrons. The summed E-state index contributed by atoms with van der Waals surface area (Å²) in [7, 11) is 1.58. The van der Waals surface area contributed by atoms with Gasteiger partial charge in [-0.25, -0.2) is 4.98 Å². The van der Waals surface area contributed by atoms with E-state index in [4.69, 9.17) is 4.74 Å². The Kier molecular flexibility index (Phi) is 4.30. The van der Waals surface area contributed by atoms with Crippen LogP contribution in [0.15, 0.2) is 36.8 Å². The zero-order valence-electron chi connectivity index (χ0n) is 11.8. The molecule has 0 atom stereocenters. The molecule has 0 aliphatic carbocycles. The second-order valence-corrected chi connectivity index (χ2v) is 4.66. The first-order valence-corrected chi connectivity index (χ1v) is 6.37. The van der Waals surface area contributed by atoms with Gasteiger partial charge in [0.05, 0.1) is 19.0 Å². The summed E-state index contributed by atoms with van der Waals surface area (Å²) in [6, 6.07) is 5.73. The molecule has 0 saturated heterocycles. The van der Waals surface area contributed by atoms with Crippen molar-refractivity contribution >= 4 is 11.6 Å². The lowest BCUT2D eigenvalue weighted by atomic mass is 10.0. The molecule has 0 spiro atoms. The third-order valence-electron chi connectivity index (χ3n) is 2.94. The molecule has 1 N–H and O–H groups in total. The first kappa shape index (κ1) is 14.0. The number of nitrogens with zero attached hydrogens (tertiary/aromatic N) is 2. The fraction of sp³-hybridized carbons (Fsp3) is 0.267. The second kappa shape index (κ2) is 6.14. The van der Waals surface area contributed by atoms with E-state index in [0.29, 0.717) is 17.4 Å². The van der Waals surface area contributed by atoms with Crippen molar-refractivity contribution < 1.29 is 9.53 Å². The maximum Gasteiger partial charge on any atom is 0.275 e. The summed E-state index contributed by atoms with van der Waals surface area (Å²) in [5.74, 6) is 0.718. The van der Waals surface area contributed by atoms with E-state index < -0.39 is 0 Å². The minimum Gasteiger partial charge on any atom is -0.495 e. The Morgan fingerprint density at radius 2 is 2.10 bits per heavy atom. The lowest BCUT2D eigenvalue weighted by Crippen LogP contribution is -2.14. The highest BCUT2D eigenvalue weighted by Crippen LogP contribution is 2.28. The predicted octanol–water partition coefficient (Wildman–Crippen LogP) is 2.86. The largest absolute Gasteiger partial charge is 0.495 e. The van der Waals surface area contributed by atoms with Gasteiger partial charge in [-0.1, -0.05) is 19.9 Å². The number of ether oxygens (including phenoxy) is 1. The van der Waals surface area contributed by atoms with Gasteiger partial charge in [0, 0.05) is 12.4 Å². The molecule has 5 nitrogen and oxygen atoms in total. The van der Waals surface area contributed by atoms with Crippen molar-refractivity contribution in [3.63, 3.8) is 0 Å². The highest BCUT2D eigenvalue weighted by Gasteiger charge is 2.12. The highest BCUT2D eigenvalue weighted by atomic mass is 16.5. The lowest BCUT2D eigenvalue weighted by molar-refractivity contribution is 0.102. The molecular formula is C15H17N3O2. The molecule has 0 saturated carbocycles. The summed E-state index contributed by atoms with van der Waals surface area (Å²) in [5.41, 5.74) is 2.04. The molecule has 1 heterocycles. The normalized spacial score (nSPS) is 10.4. The van der Waals surface area contributed by atoms with E-state index in [2.05, 4.69) is 29.1 Å². The molecule has 0 unspecified atom stereocenters. The molecule has 2 rings (SSSR count). The van der Waals surface area contributed by atoms with Crippen LogP contribution in [-0.2, 0) is 0 Å². The summed E-state index contributed by atoms with van der Waals surface area (Å²) < 4.78 is 5.32. The Hall–Kier alpha value is -2.43. The molecule has 0 radical (unpaired) electrons. The van der Waals surface area contributed by atoms with E-state index in [1.807, 2.05) is 18.2 Å². The van der Waals surface area contributed by atoms with Gasteiger partial charge in [0.25, 0.3) is 5.91 Å². The molecule has 0 aliphatic heterocycles. The van der Waals surface area contributed by atoms with E-state index >= 15 is 0 Å².